The van der Waals surface area contributed by atoms with E-state index in [1.54, 1.807) is 23.1 Å². The summed E-state index contributed by atoms with van der Waals surface area (Å²) < 4.78 is 9.15. The van der Waals surface area contributed by atoms with E-state index in [1.807, 2.05) is 43.3 Å². The van der Waals surface area contributed by atoms with Gasteiger partial charge in [0.25, 0.3) is 5.91 Å². The molecule has 0 aliphatic heterocycles. The number of aromatic nitrogens is 4. The molecule has 0 atom stereocenters. The number of fused-ring (bicyclic) bond motifs is 1. The van der Waals surface area contributed by atoms with E-state index in [0.717, 1.165) is 41.9 Å². The molecule has 2 fully saturated rings. The van der Waals surface area contributed by atoms with Gasteiger partial charge in [-0.25, -0.2) is 4.42 Å². The molecule has 4 aromatic rings. The molecule has 2 aliphatic rings. The van der Waals surface area contributed by atoms with Crippen molar-refractivity contribution in [3.8, 4) is 22.8 Å². The number of hydrogen-bond acceptors (Lipinski definition) is 6. The molecular weight excluding hydrogens is 464 g/mol. The molecule has 3 aromatic heterocycles. The molecule has 0 saturated heterocycles. The molecule has 2 aliphatic carbocycles. The van der Waals surface area contributed by atoms with Crippen LogP contribution in [0, 0.1) is 12.8 Å². The number of hydrogen-bond donors (Lipinski definition) is 1. The summed E-state index contributed by atoms with van der Waals surface area (Å²) >= 11 is 6.25. The number of rotatable bonds is 8. The van der Waals surface area contributed by atoms with Crippen molar-refractivity contribution in [2.75, 3.05) is 11.9 Å². The molecule has 1 amide bonds. The maximum atomic E-state index is 12.8. The van der Waals surface area contributed by atoms with E-state index in [1.165, 1.54) is 17.3 Å². The predicted molar refractivity (Wildman–Crippen MR) is 134 cm³/mol. The van der Waals surface area contributed by atoms with Crippen LogP contribution in [0.4, 0.5) is 5.82 Å². The summed E-state index contributed by atoms with van der Waals surface area (Å²) in [6.45, 7) is 2.81. The summed E-state index contributed by atoms with van der Waals surface area (Å²) in [6.07, 6.45) is 9.56. The lowest BCUT2D eigenvalue weighted by molar-refractivity contribution is 0.0856. The Morgan fingerprint density at radius 1 is 1.20 bits per heavy atom. The Hall–Kier alpha value is -3.65. The number of pyridine rings is 1. The first-order chi connectivity index (χ1) is 17.1. The summed E-state index contributed by atoms with van der Waals surface area (Å²) in [5.74, 6) is 2.42. The Kier molecular flexibility index (Phi) is 5.53. The van der Waals surface area contributed by atoms with Gasteiger partial charge in [0.1, 0.15) is 11.6 Å². The highest BCUT2D eigenvalue weighted by molar-refractivity contribution is 6.24. The van der Waals surface area contributed by atoms with Crippen LogP contribution < -0.4 is 10.1 Å². The number of nitrogens with zero attached hydrogens (tertiary/aromatic N) is 5. The van der Waals surface area contributed by atoms with Crippen LogP contribution in [0.25, 0.3) is 16.8 Å². The highest BCUT2D eigenvalue weighted by Crippen LogP contribution is 2.34. The van der Waals surface area contributed by atoms with Crippen molar-refractivity contribution in [1.82, 2.24) is 24.0 Å². The third-order valence-electron chi connectivity index (χ3n) is 6.40. The van der Waals surface area contributed by atoms with Gasteiger partial charge in [-0.05, 0) is 67.9 Å². The SMILES string of the molecule is Cc1cc(-c2cnn3c(NCC4CC4)cc(Oc4cccnc4)nc23)ccc1C(=O)N(Cl)C1CC1. The molecule has 8 nitrogen and oxygen atoms in total. The smallest absolute Gasteiger partial charge is 0.268 e. The van der Waals surface area contributed by atoms with Gasteiger partial charge < -0.3 is 10.1 Å². The molecule has 178 valence electrons. The van der Waals surface area contributed by atoms with Gasteiger partial charge in [0, 0.05) is 47.8 Å². The zero-order valence-corrected chi connectivity index (χ0v) is 20.1. The summed E-state index contributed by atoms with van der Waals surface area (Å²) in [4.78, 5) is 21.7. The number of carbonyl (C=O) groups is 1. The Morgan fingerprint density at radius 2 is 2.06 bits per heavy atom. The minimum absolute atomic E-state index is 0.145. The Balaban J connectivity index is 1.37. The molecule has 1 aromatic carbocycles. The molecule has 35 heavy (non-hydrogen) atoms. The van der Waals surface area contributed by atoms with Gasteiger partial charge in [0.05, 0.1) is 12.4 Å². The minimum Gasteiger partial charge on any atom is -0.437 e. The van der Waals surface area contributed by atoms with Crippen molar-refractivity contribution in [1.29, 1.82) is 0 Å². The quantitative estimate of drug-likeness (QED) is 0.331. The van der Waals surface area contributed by atoms with Crippen LogP contribution in [0.2, 0.25) is 0 Å². The van der Waals surface area contributed by atoms with Crippen LogP contribution in [0.15, 0.2) is 55.0 Å². The maximum absolute atomic E-state index is 12.8. The van der Waals surface area contributed by atoms with Crippen molar-refractivity contribution in [2.45, 2.75) is 38.6 Å². The minimum atomic E-state index is -0.157. The van der Waals surface area contributed by atoms with Crippen LogP contribution in [-0.4, -0.2) is 42.5 Å². The monoisotopic (exact) mass is 488 g/mol. The zero-order chi connectivity index (χ0) is 23.9. The number of benzene rings is 1. The lowest BCUT2D eigenvalue weighted by Crippen LogP contribution is -2.24. The van der Waals surface area contributed by atoms with Crippen LogP contribution in [0.5, 0.6) is 11.6 Å². The first-order valence-electron chi connectivity index (χ1n) is 11.9. The second-order valence-corrected chi connectivity index (χ2v) is 9.63. The summed E-state index contributed by atoms with van der Waals surface area (Å²) in [5, 5.41) is 8.12. The fourth-order valence-corrected chi connectivity index (χ4v) is 4.36. The summed E-state index contributed by atoms with van der Waals surface area (Å²) in [7, 11) is 0. The molecule has 2 saturated carbocycles. The van der Waals surface area contributed by atoms with E-state index in [9.17, 15) is 4.79 Å². The van der Waals surface area contributed by atoms with Gasteiger partial charge in [0.2, 0.25) is 5.88 Å². The first kappa shape index (κ1) is 21.9. The number of ether oxygens (including phenoxy) is 1. The van der Waals surface area contributed by atoms with Gasteiger partial charge in [-0.1, -0.05) is 12.1 Å². The fourth-order valence-electron chi connectivity index (χ4n) is 4.07. The van der Waals surface area contributed by atoms with E-state index in [2.05, 4.69) is 15.4 Å². The summed E-state index contributed by atoms with van der Waals surface area (Å²) in [5.41, 5.74) is 3.89. The van der Waals surface area contributed by atoms with Gasteiger partial charge in [-0.3, -0.25) is 9.78 Å². The van der Waals surface area contributed by atoms with Crippen molar-refractivity contribution < 1.29 is 9.53 Å². The lowest BCUT2D eigenvalue weighted by Gasteiger charge is -2.15. The van der Waals surface area contributed by atoms with Crippen LogP contribution in [0.1, 0.15) is 41.6 Å². The number of halogens is 1. The number of amides is 1. The molecule has 6 rings (SSSR count). The fraction of sp³-hybridized carbons (Fsp3) is 0.308. The highest BCUT2D eigenvalue weighted by atomic mass is 35.5. The predicted octanol–water partition coefficient (Wildman–Crippen LogP) is 5.47. The Labute approximate surface area is 208 Å². The van der Waals surface area contributed by atoms with Gasteiger partial charge in [-0.15, -0.1) is 0 Å². The third-order valence-corrected chi connectivity index (χ3v) is 6.83. The average Bonchev–Trinajstić information content (AvgIpc) is 3.80. The Morgan fingerprint density at radius 3 is 2.77 bits per heavy atom. The van der Waals surface area contributed by atoms with E-state index >= 15 is 0 Å². The topological polar surface area (TPSA) is 84.6 Å². The van der Waals surface area contributed by atoms with Crippen molar-refractivity contribution in [3.63, 3.8) is 0 Å². The average molecular weight is 489 g/mol. The Bertz CT molecular complexity index is 1400. The van der Waals surface area contributed by atoms with Gasteiger partial charge in [-0.2, -0.15) is 14.6 Å². The molecule has 0 radical (unpaired) electrons. The maximum Gasteiger partial charge on any atom is 0.268 e. The van der Waals surface area contributed by atoms with E-state index in [-0.39, 0.29) is 11.9 Å². The van der Waals surface area contributed by atoms with Crippen molar-refractivity contribution in [2.24, 2.45) is 5.92 Å². The largest absolute Gasteiger partial charge is 0.437 e. The molecular formula is C26H25ClN6O2. The second-order valence-electron chi connectivity index (χ2n) is 9.27. The molecule has 1 N–H and O–H groups in total. The molecule has 9 heteroatoms. The van der Waals surface area contributed by atoms with E-state index in [4.69, 9.17) is 21.5 Å². The molecule has 0 unspecified atom stereocenters. The normalized spacial score (nSPS) is 15.3. The number of nitrogens with one attached hydrogen (secondary N) is 1. The van der Waals surface area contributed by atoms with Crippen molar-refractivity contribution >= 4 is 29.1 Å². The van der Waals surface area contributed by atoms with Crippen LogP contribution >= 0.6 is 11.8 Å². The van der Waals surface area contributed by atoms with Crippen LogP contribution in [0.3, 0.4) is 0 Å². The van der Waals surface area contributed by atoms with E-state index < -0.39 is 0 Å². The standard InChI is InChI=1S/C26H25ClN6O2/c1-16-11-18(6-9-21(16)26(34)32(27)19-7-8-19)22-15-30-33-23(29-13-17-4-5-17)12-24(31-25(22)33)35-20-3-2-10-28-14-20/h2-3,6,9-12,14-15,17,19,29H,4-5,7-8,13H2,1H3. The summed E-state index contributed by atoms with van der Waals surface area (Å²) in [6, 6.07) is 11.4. The van der Waals surface area contributed by atoms with E-state index in [0.29, 0.717) is 28.8 Å². The number of anilines is 1. The lowest BCUT2D eigenvalue weighted by atomic mass is 10.0. The number of aryl methyl sites for hydroxylation is 1. The van der Waals surface area contributed by atoms with Crippen molar-refractivity contribution in [3.05, 3.63) is 66.1 Å². The third kappa shape index (κ3) is 4.53. The first-order valence-corrected chi connectivity index (χ1v) is 12.2. The zero-order valence-electron chi connectivity index (χ0n) is 19.3. The second kappa shape index (κ2) is 8.85. The molecule has 0 spiro atoms. The van der Waals surface area contributed by atoms with Gasteiger partial charge in [0.15, 0.2) is 5.65 Å². The molecule has 0 bridgehead atoms. The molecule has 3 heterocycles. The highest BCUT2D eigenvalue weighted by Gasteiger charge is 2.32. The van der Waals surface area contributed by atoms with Crippen LogP contribution in [-0.2, 0) is 0 Å². The van der Waals surface area contributed by atoms with Gasteiger partial charge >= 0.3 is 0 Å². The number of carbonyl (C=O) groups excluding carboxylic acids is 1.